The summed E-state index contributed by atoms with van der Waals surface area (Å²) >= 11 is 0. The van der Waals surface area contributed by atoms with Crippen LogP contribution in [0.5, 0.6) is 0 Å². The summed E-state index contributed by atoms with van der Waals surface area (Å²) in [5, 5.41) is 9.20. The highest BCUT2D eigenvalue weighted by Crippen LogP contribution is 2.27. The average Bonchev–Trinajstić information content (AvgIpc) is 2.86. The number of aromatic nitrogens is 1. The molecule has 8 nitrogen and oxygen atoms in total. The minimum atomic E-state index is -0.540. The number of amides is 1. The van der Waals surface area contributed by atoms with Gasteiger partial charge in [0.1, 0.15) is 17.2 Å². The van der Waals surface area contributed by atoms with Crippen molar-refractivity contribution in [2.24, 2.45) is 0 Å². The first kappa shape index (κ1) is 22.3. The predicted octanol–water partition coefficient (Wildman–Crippen LogP) is 2.87. The average molecular weight is 446 g/mol. The van der Waals surface area contributed by atoms with Gasteiger partial charge < -0.3 is 20.9 Å². The van der Waals surface area contributed by atoms with E-state index in [4.69, 9.17) is 0 Å². The number of rotatable bonds is 8. The van der Waals surface area contributed by atoms with Crippen LogP contribution in [0.1, 0.15) is 31.4 Å². The van der Waals surface area contributed by atoms with E-state index >= 15 is 0 Å². The number of carbonyl (C=O) groups is 1. The Kier molecular flexibility index (Phi) is 6.53. The lowest BCUT2D eigenvalue weighted by molar-refractivity contribution is -0.117. The zero-order valence-electron chi connectivity index (χ0n) is 18.5. The number of hydrogen-bond acceptors (Lipinski definition) is 7. The van der Waals surface area contributed by atoms with Crippen molar-refractivity contribution < 1.29 is 4.79 Å². The largest absolute Gasteiger partial charge is 0.373 e. The molecule has 0 spiro atoms. The van der Waals surface area contributed by atoms with Crippen molar-refractivity contribution in [3.63, 3.8) is 0 Å². The Morgan fingerprint density at radius 1 is 1.18 bits per heavy atom. The summed E-state index contributed by atoms with van der Waals surface area (Å²) in [6, 6.07) is 13.2. The summed E-state index contributed by atoms with van der Waals surface area (Å²) in [5.41, 5.74) is 1.17. The summed E-state index contributed by atoms with van der Waals surface area (Å²) in [5.74, 6) is 0.554. The highest BCUT2D eigenvalue weighted by Gasteiger charge is 2.24. The molecule has 0 bridgehead atoms. The van der Waals surface area contributed by atoms with E-state index in [1.165, 1.54) is 6.08 Å². The zero-order chi connectivity index (χ0) is 23.4. The molecule has 1 aliphatic heterocycles. The molecule has 1 saturated heterocycles. The van der Waals surface area contributed by atoms with Crippen LogP contribution < -0.4 is 31.7 Å². The maximum absolute atomic E-state index is 12.3. The van der Waals surface area contributed by atoms with E-state index in [2.05, 4.69) is 32.4 Å². The quantitative estimate of drug-likeness (QED) is 0.362. The van der Waals surface area contributed by atoms with Crippen LogP contribution >= 0.6 is 0 Å². The van der Waals surface area contributed by atoms with Gasteiger partial charge in [-0.1, -0.05) is 36.9 Å². The maximum Gasteiger partial charge on any atom is 0.253 e. The Bertz CT molecular complexity index is 1220. The van der Waals surface area contributed by atoms with Gasteiger partial charge in [0, 0.05) is 43.1 Å². The molecule has 2 aromatic carbocycles. The van der Waals surface area contributed by atoms with Crippen LogP contribution in [0.3, 0.4) is 0 Å². The van der Waals surface area contributed by atoms with Crippen LogP contribution in [-0.2, 0) is 4.79 Å². The SMILES string of the molecule is C=CC(=O)NC1CCCN(c2cc(Nc3c(NC(C)c4ccccc4)c(=O)c3=O)ccn2)C1. The van der Waals surface area contributed by atoms with Gasteiger partial charge in [0.2, 0.25) is 5.91 Å². The summed E-state index contributed by atoms with van der Waals surface area (Å²) in [4.78, 5) is 42.7. The van der Waals surface area contributed by atoms with E-state index < -0.39 is 10.9 Å². The number of hydrogen-bond donors (Lipinski definition) is 3. The van der Waals surface area contributed by atoms with Crippen molar-refractivity contribution in [3.05, 3.63) is 87.3 Å². The van der Waals surface area contributed by atoms with Crippen molar-refractivity contribution in [1.82, 2.24) is 10.3 Å². The highest BCUT2D eigenvalue weighted by atomic mass is 16.2. The molecule has 3 aromatic rings. The van der Waals surface area contributed by atoms with E-state index in [0.717, 1.165) is 30.8 Å². The van der Waals surface area contributed by atoms with E-state index in [1.54, 1.807) is 12.3 Å². The van der Waals surface area contributed by atoms with Crippen LogP contribution in [0.25, 0.3) is 0 Å². The van der Waals surface area contributed by atoms with E-state index in [-0.39, 0.29) is 23.7 Å². The fourth-order valence-electron chi connectivity index (χ4n) is 4.07. The Hall–Kier alpha value is -3.94. The minimum absolute atomic E-state index is 0.0199. The molecule has 0 radical (unpaired) electrons. The summed E-state index contributed by atoms with van der Waals surface area (Å²) in [7, 11) is 0. The van der Waals surface area contributed by atoms with Gasteiger partial charge in [-0.2, -0.15) is 0 Å². The Labute approximate surface area is 192 Å². The molecule has 2 unspecified atom stereocenters. The topological polar surface area (TPSA) is 103 Å². The summed E-state index contributed by atoms with van der Waals surface area (Å²) in [6.45, 7) is 6.90. The standard InChI is InChI=1S/C25H27N5O3/c1-3-21(31)28-19-10-7-13-30(15-19)20-14-18(11-12-26-20)29-23-22(24(32)25(23)33)27-16(2)17-8-5-4-6-9-17/h3-6,8-9,11-12,14,16,19,27H,1,7,10,13,15H2,2H3,(H,26,29)(H,28,31). The normalized spacial score (nSPS) is 16.8. The summed E-state index contributed by atoms with van der Waals surface area (Å²) in [6.07, 6.45) is 4.75. The molecule has 1 aromatic heterocycles. The fraction of sp³-hybridized carbons (Fsp3) is 0.280. The van der Waals surface area contributed by atoms with Crippen molar-refractivity contribution in [3.8, 4) is 0 Å². The molecule has 1 amide bonds. The number of pyridine rings is 1. The summed E-state index contributed by atoms with van der Waals surface area (Å²) < 4.78 is 0. The van der Waals surface area contributed by atoms with Gasteiger partial charge in [0.25, 0.3) is 10.9 Å². The van der Waals surface area contributed by atoms with Crippen LogP contribution in [-0.4, -0.2) is 30.0 Å². The minimum Gasteiger partial charge on any atom is -0.373 e. The molecule has 8 heteroatoms. The second kappa shape index (κ2) is 9.68. The Morgan fingerprint density at radius 2 is 1.94 bits per heavy atom. The second-order valence-electron chi connectivity index (χ2n) is 8.21. The predicted molar refractivity (Wildman–Crippen MR) is 131 cm³/mol. The lowest BCUT2D eigenvalue weighted by Crippen LogP contribution is -2.47. The van der Waals surface area contributed by atoms with Gasteiger partial charge in [-0.15, -0.1) is 0 Å². The van der Waals surface area contributed by atoms with Crippen molar-refractivity contribution >= 4 is 28.8 Å². The molecule has 0 aliphatic carbocycles. The molecule has 33 heavy (non-hydrogen) atoms. The monoisotopic (exact) mass is 445 g/mol. The number of carbonyl (C=O) groups excluding carboxylic acids is 1. The Morgan fingerprint density at radius 3 is 2.70 bits per heavy atom. The van der Waals surface area contributed by atoms with Gasteiger partial charge in [-0.25, -0.2) is 4.98 Å². The zero-order valence-corrected chi connectivity index (χ0v) is 18.5. The number of nitrogens with zero attached hydrogens (tertiary/aromatic N) is 2. The number of piperidine rings is 1. The van der Waals surface area contributed by atoms with Gasteiger partial charge >= 0.3 is 0 Å². The molecule has 2 atom stereocenters. The van der Waals surface area contributed by atoms with Crippen LogP contribution in [0, 0.1) is 0 Å². The van der Waals surface area contributed by atoms with E-state index in [9.17, 15) is 14.4 Å². The first-order valence-electron chi connectivity index (χ1n) is 11.0. The molecular formula is C25H27N5O3. The molecule has 170 valence electrons. The maximum atomic E-state index is 12.3. The molecule has 4 rings (SSSR count). The fourth-order valence-corrected chi connectivity index (χ4v) is 4.07. The molecular weight excluding hydrogens is 418 g/mol. The molecule has 1 fully saturated rings. The number of nitrogens with one attached hydrogen (secondary N) is 3. The van der Waals surface area contributed by atoms with Crippen LogP contribution in [0.2, 0.25) is 0 Å². The Balaban J connectivity index is 1.48. The first-order valence-corrected chi connectivity index (χ1v) is 11.0. The van der Waals surface area contributed by atoms with Crippen LogP contribution in [0.4, 0.5) is 22.9 Å². The molecule has 0 saturated carbocycles. The lowest BCUT2D eigenvalue weighted by Gasteiger charge is -2.34. The third-order valence-electron chi connectivity index (χ3n) is 5.86. The van der Waals surface area contributed by atoms with Gasteiger partial charge in [-0.3, -0.25) is 14.4 Å². The van der Waals surface area contributed by atoms with E-state index in [1.807, 2.05) is 43.3 Å². The number of anilines is 4. The van der Waals surface area contributed by atoms with Gasteiger partial charge in [-0.05, 0) is 37.5 Å². The lowest BCUT2D eigenvalue weighted by atomic mass is 10.1. The first-order chi connectivity index (χ1) is 16.0. The highest BCUT2D eigenvalue weighted by molar-refractivity contribution is 5.87. The molecule has 2 heterocycles. The van der Waals surface area contributed by atoms with Crippen molar-refractivity contribution in [1.29, 1.82) is 0 Å². The van der Waals surface area contributed by atoms with Crippen molar-refractivity contribution in [2.45, 2.75) is 31.8 Å². The molecule has 3 N–H and O–H groups in total. The van der Waals surface area contributed by atoms with E-state index in [0.29, 0.717) is 17.9 Å². The van der Waals surface area contributed by atoms with Crippen molar-refractivity contribution in [2.75, 3.05) is 28.6 Å². The van der Waals surface area contributed by atoms with Crippen LogP contribution in [0.15, 0.2) is 70.9 Å². The third kappa shape index (κ3) is 4.95. The molecule has 1 aliphatic rings. The van der Waals surface area contributed by atoms with Gasteiger partial charge in [0.05, 0.1) is 0 Å². The second-order valence-corrected chi connectivity index (χ2v) is 8.21. The third-order valence-corrected chi connectivity index (χ3v) is 5.86. The smallest absolute Gasteiger partial charge is 0.253 e. The number of benzene rings is 1. The van der Waals surface area contributed by atoms with Gasteiger partial charge in [0.15, 0.2) is 0 Å².